The van der Waals surface area contributed by atoms with Crippen molar-refractivity contribution in [2.24, 2.45) is 0 Å². The highest BCUT2D eigenvalue weighted by Gasteiger charge is 2.12. The third kappa shape index (κ3) is 5.11. The minimum atomic E-state index is -4.27. The fourth-order valence-corrected chi connectivity index (χ4v) is 1.94. The first-order valence-electron chi connectivity index (χ1n) is 3.87. The molecule has 0 aliphatic rings. The summed E-state index contributed by atoms with van der Waals surface area (Å²) in [6.07, 6.45) is 1.13. The van der Waals surface area contributed by atoms with Gasteiger partial charge < -0.3 is 0 Å². The van der Waals surface area contributed by atoms with Gasteiger partial charge >= 0.3 is 0 Å². The average molecular weight is 268 g/mol. The van der Waals surface area contributed by atoms with E-state index in [1.165, 1.54) is 6.07 Å². The predicted octanol–water partition coefficient (Wildman–Crippen LogP) is -0.748. The van der Waals surface area contributed by atoms with E-state index >= 15 is 0 Å². The van der Waals surface area contributed by atoms with Gasteiger partial charge in [-0.25, -0.2) is 9.97 Å². The molecule has 1 aromatic heterocycles. The van der Waals surface area contributed by atoms with Gasteiger partial charge in [0.05, 0.1) is 5.69 Å². The topological polar surface area (TPSA) is 135 Å². The summed E-state index contributed by atoms with van der Waals surface area (Å²) in [7, 11) is -8.51. The Balaban J connectivity index is 2.96. The van der Waals surface area contributed by atoms with Crippen molar-refractivity contribution in [1.29, 1.82) is 0 Å². The van der Waals surface area contributed by atoms with E-state index in [2.05, 4.69) is 9.97 Å². The van der Waals surface area contributed by atoms with E-state index in [1.54, 1.807) is 0 Å². The summed E-state index contributed by atoms with van der Waals surface area (Å²) in [5.74, 6) is -1.80. The Labute approximate surface area is 91.9 Å². The molecule has 0 atom stereocenters. The first-order chi connectivity index (χ1) is 7.16. The molecule has 0 fully saturated rings. The fraction of sp³-hybridized carbons (Fsp3) is 0.333. The Bertz CT molecular complexity index is 530. The lowest BCUT2D eigenvalue weighted by atomic mass is 10.4. The van der Waals surface area contributed by atoms with Gasteiger partial charge in [0.25, 0.3) is 20.2 Å². The molecule has 0 spiro atoms. The second-order valence-electron chi connectivity index (χ2n) is 2.92. The molecule has 2 N–H and O–H groups in total. The fourth-order valence-electron chi connectivity index (χ4n) is 0.941. The van der Waals surface area contributed by atoms with Crippen LogP contribution >= 0.6 is 0 Å². The second kappa shape index (κ2) is 4.41. The molecule has 1 heterocycles. The van der Waals surface area contributed by atoms with Crippen molar-refractivity contribution in [2.45, 2.75) is 11.5 Å². The van der Waals surface area contributed by atoms with Crippen LogP contribution in [0.4, 0.5) is 0 Å². The summed E-state index contributed by atoms with van der Waals surface area (Å²) >= 11 is 0. The molecule has 0 aromatic carbocycles. The Morgan fingerprint density at radius 2 is 1.62 bits per heavy atom. The molecule has 0 aliphatic carbocycles. The minimum absolute atomic E-state index is 0.0591. The summed E-state index contributed by atoms with van der Waals surface area (Å²) in [6.45, 7) is 0. The highest BCUT2D eigenvalue weighted by Crippen LogP contribution is 2.03. The lowest BCUT2D eigenvalue weighted by Crippen LogP contribution is -2.09. The maximum Gasteiger partial charge on any atom is 0.272 e. The van der Waals surface area contributed by atoms with E-state index in [1.807, 2.05) is 0 Å². The number of nitrogens with zero attached hydrogens (tertiary/aromatic N) is 2. The van der Waals surface area contributed by atoms with Crippen molar-refractivity contribution in [1.82, 2.24) is 9.97 Å². The van der Waals surface area contributed by atoms with Crippen LogP contribution < -0.4 is 0 Å². The third-order valence-electron chi connectivity index (χ3n) is 1.40. The van der Waals surface area contributed by atoms with Crippen molar-refractivity contribution in [3.8, 4) is 0 Å². The summed E-state index contributed by atoms with van der Waals surface area (Å²) in [4.78, 5) is 7.08. The van der Waals surface area contributed by atoms with Crippen LogP contribution in [0.3, 0.4) is 0 Å². The number of hydrogen-bond acceptors (Lipinski definition) is 6. The highest BCUT2D eigenvalue weighted by atomic mass is 32.2. The molecular formula is C6H8N2O6S2. The Kier molecular flexibility index (Phi) is 3.57. The average Bonchev–Trinajstić information content (AvgIpc) is 1.96. The van der Waals surface area contributed by atoms with E-state index in [9.17, 15) is 16.8 Å². The standard InChI is InChI=1S/C6H8N2O6S2/c9-15(10,11)3-5-1-2-7-6(8-5)4-16(12,13)14/h1-2H,3-4H2,(H,9,10,11)(H,12,13,14). The second-order valence-corrected chi connectivity index (χ2v) is 5.82. The van der Waals surface area contributed by atoms with Crippen LogP contribution in [0.25, 0.3) is 0 Å². The van der Waals surface area contributed by atoms with Crippen molar-refractivity contribution < 1.29 is 25.9 Å². The Morgan fingerprint density at radius 3 is 2.12 bits per heavy atom. The molecule has 0 bridgehead atoms. The molecule has 0 saturated heterocycles. The molecular weight excluding hydrogens is 260 g/mol. The van der Waals surface area contributed by atoms with Gasteiger partial charge in [0.15, 0.2) is 0 Å². The minimum Gasteiger partial charge on any atom is -0.285 e. The van der Waals surface area contributed by atoms with Crippen LogP contribution in [0.2, 0.25) is 0 Å². The third-order valence-corrected chi connectivity index (χ3v) is 2.69. The summed E-state index contributed by atoms with van der Waals surface area (Å²) in [5, 5.41) is 0. The molecule has 0 amide bonds. The molecule has 1 aromatic rings. The largest absolute Gasteiger partial charge is 0.285 e. The summed E-state index contributed by atoms with van der Waals surface area (Å²) < 4.78 is 59.1. The zero-order valence-electron chi connectivity index (χ0n) is 7.81. The quantitative estimate of drug-likeness (QED) is 0.681. The number of rotatable bonds is 4. The highest BCUT2D eigenvalue weighted by molar-refractivity contribution is 7.85. The van der Waals surface area contributed by atoms with Crippen molar-refractivity contribution >= 4 is 20.2 Å². The van der Waals surface area contributed by atoms with Gasteiger partial charge in [0, 0.05) is 6.20 Å². The normalized spacial score (nSPS) is 12.6. The van der Waals surface area contributed by atoms with Crippen molar-refractivity contribution in [3.63, 3.8) is 0 Å². The van der Waals surface area contributed by atoms with Gasteiger partial charge in [-0.3, -0.25) is 9.11 Å². The lowest BCUT2D eigenvalue weighted by molar-refractivity contribution is 0.480. The molecule has 0 aliphatic heterocycles. The van der Waals surface area contributed by atoms with Gasteiger partial charge in [0.2, 0.25) is 0 Å². The number of aromatic nitrogens is 2. The van der Waals surface area contributed by atoms with Gasteiger partial charge in [-0.15, -0.1) is 0 Å². The van der Waals surface area contributed by atoms with Gasteiger partial charge in [-0.2, -0.15) is 16.8 Å². The first-order valence-corrected chi connectivity index (χ1v) is 7.09. The molecule has 1 rings (SSSR count). The smallest absolute Gasteiger partial charge is 0.272 e. The van der Waals surface area contributed by atoms with E-state index in [4.69, 9.17) is 9.11 Å². The summed E-state index contributed by atoms with van der Waals surface area (Å²) in [5.41, 5.74) is -0.0591. The van der Waals surface area contributed by atoms with E-state index in [0.29, 0.717) is 0 Å². The number of hydrogen-bond donors (Lipinski definition) is 2. The molecule has 0 radical (unpaired) electrons. The van der Waals surface area contributed by atoms with Gasteiger partial charge in [-0.1, -0.05) is 0 Å². The Morgan fingerprint density at radius 1 is 1.06 bits per heavy atom. The van der Waals surface area contributed by atoms with Crippen LogP contribution in [-0.4, -0.2) is 35.9 Å². The van der Waals surface area contributed by atoms with E-state index in [-0.39, 0.29) is 11.5 Å². The maximum atomic E-state index is 10.5. The van der Waals surface area contributed by atoms with Crippen molar-refractivity contribution in [3.05, 3.63) is 23.8 Å². The molecule has 16 heavy (non-hydrogen) atoms. The zero-order chi connectivity index (χ0) is 12.4. The molecule has 0 unspecified atom stereocenters. The zero-order valence-corrected chi connectivity index (χ0v) is 9.44. The van der Waals surface area contributed by atoms with Gasteiger partial charge in [-0.05, 0) is 6.07 Å². The summed E-state index contributed by atoms with van der Waals surface area (Å²) in [6, 6.07) is 1.21. The Hall–Kier alpha value is -1.10. The van der Waals surface area contributed by atoms with E-state index < -0.39 is 31.7 Å². The van der Waals surface area contributed by atoms with E-state index in [0.717, 1.165) is 6.20 Å². The first kappa shape index (κ1) is 13.0. The predicted molar refractivity (Wildman–Crippen MR) is 52.5 cm³/mol. The SMILES string of the molecule is O=S(=O)(O)Cc1ccnc(CS(=O)(=O)O)n1. The monoisotopic (exact) mass is 268 g/mol. The van der Waals surface area contributed by atoms with Crippen LogP contribution in [0.5, 0.6) is 0 Å². The molecule has 0 saturated carbocycles. The van der Waals surface area contributed by atoms with Crippen LogP contribution in [0.15, 0.2) is 12.3 Å². The van der Waals surface area contributed by atoms with Crippen LogP contribution in [-0.2, 0) is 31.7 Å². The maximum absolute atomic E-state index is 10.5. The molecule has 8 nitrogen and oxygen atoms in total. The van der Waals surface area contributed by atoms with Crippen LogP contribution in [0, 0.1) is 0 Å². The molecule has 10 heteroatoms. The van der Waals surface area contributed by atoms with Gasteiger partial charge in [0.1, 0.15) is 17.3 Å². The van der Waals surface area contributed by atoms with Crippen LogP contribution in [0.1, 0.15) is 11.5 Å². The van der Waals surface area contributed by atoms with Crippen molar-refractivity contribution in [2.75, 3.05) is 0 Å². The lowest BCUT2D eigenvalue weighted by Gasteiger charge is -2.00. The molecule has 90 valence electrons.